The van der Waals surface area contributed by atoms with Crippen LogP contribution in [-0.2, 0) is 6.54 Å². The fraction of sp³-hybridized carbons (Fsp3) is 0.231. The van der Waals surface area contributed by atoms with E-state index < -0.39 is 0 Å². The molecule has 0 radical (unpaired) electrons. The smallest absolute Gasteiger partial charge is 0.224 e. The van der Waals surface area contributed by atoms with Crippen molar-refractivity contribution in [3.63, 3.8) is 0 Å². The SMILES string of the molecule is COc1ccccc1CNc1nc(Cl)ncc1C. The highest BCUT2D eigenvalue weighted by molar-refractivity contribution is 6.28. The van der Waals surface area contributed by atoms with E-state index in [1.54, 1.807) is 13.3 Å². The maximum atomic E-state index is 5.77. The lowest BCUT2D eigenvalue weighted by Crippen LogP contribution is -2.05. The van der Waals surface area contributed by atoms with Crippen LogP contribution < -0.4 is 10.1 Å². The van der Waals surface area contributed by atoms with E-state index in [4.69, 9.17) is 16.3 Å². The number of hydrogen-bond acceptors (Lipinski definition) is 4. The maximum absolute atomic E-state index is 5.77. The average molecular weight is 264 g/mol. The van der Waals surface area contributed by atoms with Gasteiger partial charge < -0.3 is 10.1 Å². The molecule has 4 nitrogen and oxygen atoms in total. The Labute approximate surface area is 111 Å². The van der Waals surface area contributed by atoms with Crippen LogP contribution in [0.1, 0.15) is 11.1 Å². The lowest BCUT2D eigenvalue weighted by atomic mass is 10.2. The van der Waals surface area contributed by atoms with Crippen LogP contribution in [0.4, 0.5) is 5.82 Å². The van der Waals surface area contributed by atoms with Crippen LogP contribution in [-0.4, -0.2) is 17.1 Å². The largest absolute Gasteiger partial charge is 0.496 e. The first-order valence-corrected chi connectivity index (χ1v) is 5.93. The first-order valence-electron chi connectivity index (χ1n) is 5.55. The summed E-state index contributed by atoms with van der Waals surface area (Å²) in [6, 6.07) is 7.84. The molecule has 5 heteroatoms. The van der Waals surface area contributed by atoms with E-state index in [2.05, 4.69) is 15.3 Å². The minimum Gasteiger partial charge on any atom is -0.496 e. The van der Waals surface area contributed by atoms with Crippen LogP contribution in [0.5, 0.6) is 5.75 Å². The summed E-state index contributed by atoms with van der Waals surface area (Å²) >= 11 is 5.77. The third kappa shape index (κ3) is 2.90. The first-order chi connectivity index (χ1) is 8.70. The lowest BCUT2D eigenvalue weighted by Gasteiger charge is -2.11. The Morgan fingerprint density at radius 1 is 1.33 bits per heavy atom. The number of para-hydroxylation sites is 1. The van der Waals surface area contributed by atoms with Crippen LogP contribution >= 0.6 is 11.6 Å². The molecule has 1 aromatic carbocycles. The molecule has 0 unspecified atom stereocenters. The number of ether oxygens (including phenoxy) is 1. The molecule has 0 saturated carbocycles. The number of anilines is 1. The second kappa shape index (κ2) is 5.69. The van der Waals surface area contributed by atoms with Gasteiger partial charge in [0.25, 0.3) is 0 Å². The Hall–Kier alpha value is -1.81. The second-order valence-electron chi connectivity index (χ2n) is 3.84. The Bertz CT molecular complexity index is 546. The summed E-state index contributed by atoms with van der Waals surface area (Å²) in [6.07, 6.45) is 1.69. The number of aromatic nitrogens is 2. The summed E-state index contributed by atoms with van der Waals surface area (Å²) in [5, 5.41) is 3.47. The van der Waals surface area contributed by atoms with Gasteiger partial charge in [-0.25, -0.2) is 9.97 Å². The minimum atomic E-state index is 0.239. The molecule has 0 atom stereocenters. The quantitative estimate of drug-likeness (QED) is 0.862. The molecule has 1 N–H and O–H groups in total. The van der Waals surface area contributed by atoms with E-state index >= 15 is 0 Å². The van der Waals surface area contributed by atoms with Crippen molar-refractivity contribution in [3.8, 4) is 5.75 Å². The van der Waals surface area contributed by atoms with Crippen molar-refractivity contribution in [2.24, 2.45) is 0 Å². The van der Waals surface area contributed by atoms with Gasteiger partial charge in [-0.15, -0.1) is 0 Å². The van der Waals surface area contributed by atoms with E-state index in [9.17, 15) is 0 Å². The van der Waals surface area contributed by atoms with Gasteiger partial charge in [0, 0.05) is 23.9 Å². The summed E-state index contributed by atoms with van der Waals surface area (Å²) in [6.45, 7) is 2.55. The molecule has 0 aliphatic carbocycles. The third-order valence-electron chi connectivity index (χ3n) is 2.58. The number of benzene rings is 1. The summed E-state index contributed by atoms with van der Waals surface area (Å²) in [4.78, 5) is 8.06. The topological polar surface area (TPSA) is 47.0 Å². The van der Waals surface area contributed by atoms with Gasteiger partial charge in [-0.05, 0) is 24.6 Å². The molecule has 2 aromatic rings. The third-order valence-corrected chi connectivity index (χ3v) is 2.76. The van der Waals surface area contributed by atoms with Gasteiger partial charge in [0.05, 0.1) is 7.11 Å². The highest BCUT2D eigenvalue weighted by Gasteiger charge is 2.05. The van der Waals surface area contributed by atoms with Gasteiger partial charge in [0.1, 0.15) is 11.6 Å². The summed E-state index contributed by atoms with van der Waals surface area (Å²) in [5.74, 6) is 1.59. The van der Waals surface area contributed by atoms with Crippen LogP contribution in [0.15, 0.2) is 30.5 Å². The fourth-order valence-electron chi connectivity index (χ4n) is 1.63. The molecule has 2 rings (SSSR count). The van der Waals surface area contributed by atoms with Crippen LogP contribution in [0.25, 0.3) is 0 Å². The monoisotopic (exact) mass is 263 g/mol. The van der Waals surface area contributed by atoms with E-state index in [0.717, 1.165) is 22.7 Å². The molecule has 0 fully saturated rings. The predicted octanol–water partition coefficient (Wildman–Crippen LogP) is 3.06. The van der Waals surface area contributed by atoms with E-state index in [1.165, 1.54) is 0 Å². The minimum absolute atomic E-state index is 0.239. The van der Waals surface area contributed by atoms with Gasteiger partial charge in [-0.1, -0.05) is 18.2 Å². The van der Waals surface area contributed by atoms with Crippen molar-refractivity contribution in [1.82, 2.24) is 9.97 Å². The number of rotatable bonds is 4. The standard InChI is InChI=1S/C13H14ClN3O/c1-9-7-16-13(14)17-12(9)15-8-10-5-3-4-6-11(10)18-2/h3-7H,8H2,1-2H3,(H,15,16,17). The van der Waals surface area contributed by atoms with Crippen molar-refractivity contribution in [1.29, 1.82) is 0 Å². The Kier molecular flexibility index (Phi) is 3.99. The van der Waals surface area contributed by atoms with Gasteiger partial charge in [0.2, 0.25) is 5.28 Å². The Balaban J connectivity index is 2.14. The van der Waals surface area contributed by atoms with E-state index in [-0.39, 0.29) is 5.28 Å². The first kappa shape index (κ1) is 12.6. The van der Waals surface area contributed by atoms with Gasteiger partial charge in [0.15, 0.2) is 0 Å². The molecule has 0 spiro atoms. The van der Waals surface area contributed by atoms with Crippen molar-refractivity contribution in [2.45, 2.75) is 13.5 Å². The molecule has 1 heterocycles. The van der Waals surface area contributed by atoms with Gasteiger partial charge >= 0.3 is 0 Å². The summed E-state index contributed by atoms with van der Waals surface area (Å²) in [7, 11) is 1.66. The highest BCUT2D eigenvalue weighted by atomic mass is 35.5. The molecular formula is C13H14ClN3O. The van der Waals surface area contributed by atoms with Crippen LogP contribution in [0.3, 0.4) is 0 Å². The van der Waals surface area contributed by atoms with Crippen LogP contribution in [0, 0.1) is 6.92 Å². The number of methoxy groups -OCH3 is 1. The Morgan fingerprint density at radius 3 is 2.89 bits per heavy atom. The lowest BCUT2D eigenvalue weighted by molar-refractivity contribution is 0.410. The molecule has 0 bridgehead atoms. The molecule has 94 valence electrons. The molecule has 0 aliphatic rings. The van der Waals surface area contributed by atoms with Crippen molar-refractivity contribution in [2.75, 3.05) is 12.4 Å². The zero-order valence-electron chi connectivity index (χ0n) is 10.3. The number of aryl methyl sites for hydroxylation is 1. The van der Waals surface area contributed by atoms with Gasteiger partial charge in [-0.2, -0.15) is 0 Å². The normalized spacial score (nSPS) is 10.2. The van der Waals surface area contributed by atoms with Crippen molar-refractivity contribution >= 4 is 17.4 Å². The average Bonchev–Trinajstić information content (AvgIpc) is 2.40. The zero-order chi connectivity index (χ0) is 13.0. The summed E-state index contributed by atoms with van der Waals surface area (Å²) in [5.41, 5.74) is 2.02. The molecule has 18 heavy (non-hydrogen) atoms. The van der Waals surface area contributed by atoms with Crippen molar-refractivity contribution < 1.29 is 4.74 Å². The second-order valence-corrected chi connectivity index (χ2v) is 4.17. The number of hydrogen-bond donors (Lipinski definition) is 1. The maximum Gasteiger partial charge on any atom is 0.224 e. The van der Waals surface area contributed by atoms with Gasteiger partial charge in [-0.3, -0.25) is 0 Å². The fourth-order valence-corrected chi connectivity index (χ4v) is 1.76. The zero-order valence-corrected chi connectivity index (χ0v) is 11.0. The Morgan fingerprint density at radius 2 is 2.11 bits per heavy atom. The molecule has 1 aromatic heterocycles. The highest BCUT2D eigenvalue weighted by Crippen LogP contribution is 2.19. The van der Waals surface area contributed by atoms with Crippen LogP contribution in [0.2, 0.25) is 5.28 Å². The van der Waals surface area contributed by atoms with E-state index in [0.29, 0.717) is 6.54 Å². The number of nitrogens with one attached hydrogen (secondary N) is 1. The molecular weight excluding hydrogens is 250 g/mol. The number of halogens is 1. The number of nitrogens with zero attached hydrogens (tertiary/aromatic N) is 2. The summed E-state index contributed by atoms with van der Waals surface area (Å²) < 4.78 is 5.29. The molecule has 0 saturated heterocycles. The van der Waals surface area contributed by atoms with E-state index in [1.807, 2.05) is 31.2 Å². The molecule has 0 aliphatic heterocycles. The van der Waals surface area contributed by atoms with Crippen molar-refractivity contribution in [3.05, 3.63) is 46.9 Å². The predicted molar refractivity (Wildman–Crippen MR) is 72.1 cm³/mol. The molecule has 0 amide bonds.